The van der Waals surface area contributed by atoms with Crippen molar-refractivity contribution in [1.82, 2.24) is 4.90 Å². The van der Waals surface area contributed by atoms with Crippen LogP contribution in [0.1, 0.15) is 50.4 Å². The molecule has 0 heterocycles. The van der Waals surface area contributed by atoms with Gasteiger partial charge in [-0.3, -0.25) is 9.59 Å². The molecule has 0 saturated heterocycles. The molecule has 3 aromatic rings. The molecule has 3 rings (SSSR count). The van der Waals surface area contributed by atoms with Crippen LogP contribution in [0.25, 0.3) is 0 Å². The SMILES string of the molecule is Cc1cc(C)cc(C(=O)N(C)C(C)c2cccc(NC(=O)c3ccccc3)c2)c1. The normalized spacial score (nSPS) is 11.6. The molecule has 0 bridgehead atoms. The van der Waals surface area contributed by atoms with Crippen LogP contribution >= 0.6 is 0 Å². The van der Waals surface area contributed by atoms with E-state index in [0.29, 0.717) is 16.8 Å². The highest BCUT2D eigenvalue weighted by Crippen LogP contribution is 2.24. The third kappa shape index (κ3) is 4.91. The first-order valence-electron chi connectivity index (χ1n) is 9.67. The van der Waals surface area contributed by atoms with E-state index in [2.05, 4.69) is 11.4 Å². The number of hydrogen-bond acceptors (Lipinski definition) is 2. The predicted octanol–water partition coefficient (Wildman–Crippen LogP) is 5.39. The number of nitrogens with one attached hydrogen (secondary N) is 1. The molecule has 4 heteroatoms. The van der Waals surface area contributed by atoms with Crippen LogP contribution in [0.5, 0.6) is 0 Å². The molecule has 0 fully saturated rings. The summed E-state index contributed by atoms with van der Waals surface area (Å²) in [4.78, 5) is 27.1. The molecule has 0 aliphatic carbocycles. The molecule has 3 aromatic carbocycles. The second-order valence-electron chi connectivity index (χ2n) is 7.41. The van der Waals surface area contributed by atoms with E-state index in [1.165, 1.54) is 0 Å². The molecule has 4 nitrogen and oxygen atoms in total. The van der Waals surface area contributed by atoms with E-state index >= 15 is 0 Å². The number of benzene rings is 3. The zero-order valence-corrected chi connectivity index (χ0v) is 17.3. The summed E-state index contributed by atoms with van der Waals surface area (Å²) in [6, 6.07) is 22.5. The van der Waals surface area contributed by atoms with Gasteiger partial charge in [0.05, 0.1) is 6.04 Å². The summed E-state index contributed by atoms with van der Waals surface area (Å²) in [7, 11) is 1.81. The number of nitrogens with zero attached hydrogens (tertiary/aromatic N) is 1. The van der Waals surface area contributed by atoms with Crippen molar-refractivity contribution in [3.63, 3.8) is 0 Å². The quantitative estimate of drug-likeness (QED) is 0.639. The standard InChI is InChI=1S/C25H26N2O2/c1-17-13-18(2)15-22(14-17)25(29)27(4)19(3)21-11-8-12-23(16-21)26-24(28)20-9-6-5-7-10-20/h5-16,19H,1-4H3,(H,26,28). The van der Waals surface area contributed by atoms with E-state index in [4.69, 9.17) is 0 Å². The molecule has 1 unspecified atom stereocenters. The Hall–Kier alpha value is -3.40. The van der Waals surface area contributed by atoms with Crippen LogP contribution in [-0.2, 0) is 0 Å². The summed E-state index contributed by atoms with van der Waals surface area (Å²) in [5.74, 6) is -0.182. The lowest BCUT2D eigenvalue weighted by Gasteiger charge is -2.26. The summed E-state index contributed by atoms with van der Waals surface area (Å²) >= 11 is 0. The molecular formula is C25H26N2O2. The highest BCUT2D eigenvalue weighted by atomic mass is 16.2. The van der Waals surface area contributed by atoms with Crippen LogP contribution in [0.3, 0.4) is 0 Å². The van der Waals surface area contributed by atoms with E-state index < -0.39 is 0 Å². The molecule has 0 saturated carbocycles. The monoisotopic (exact) mass is 386 g/mol. The van der Waals surface area contributed by atoms with Gasteiger partial charge in [-0.15, -0.1) is 0 Å². The fraction of sp³-hybridized carbons (Fsp3) is 0.200. The van der Waals surface area contributed by atoms with Crippen molar-refractivity contribution in [2.75, 3.05) is 12.4 Å². The maximum absolute atomic E-state index is 13.0. The number of aryl methyl sites for hydroxylation is 2. The molecule has 0 radical (unpaired) electrons. The van der Waals surface area contributed by atoms with Gasteiger partial charge in [0, 0.05) is 23.9 Å². The molecule has 29 heavy (non-hydrogen) atoms. The van der Waals surface area contributed by atoms with E-state index in [1.54, 1.807) is 24.1 Å². The minimum atomic E-state index is -0.157. The molecule has 0 spiro atoms. The van der Waals surface area contributed by atoms with E-state index in [0.717, 1.165) is 16.7 Å². The third-order valence-electron chi connectivity index (χ3n) is 5.03. The lowest BCUT2D eigenvalue weighted by Crippen LogP contribution is -2.29. The second-order valence-corrected chi connectivity index (χ2v) is 7.41. The van der Waals surface area contributed by atoms with Gasteiger partial charge in [0.25, 0.3) is 11.8 Å². The first kappa shape index (κ1) is 20.3. The molecule has 2 amide bonds. The van der Waals surface area contributed by atoms with Gasteiger partial charge >= 0.3 is 0 Å². The zero-order valence-electron chi connectivity index (χ0n) is 17.3. The largest absolute Gasteiger partial charge is 0.335 e. The number of rotatable bonds is 5. The molecule has 0 aromatic heterocycles. The summed E-state index contributed by atoms with van der Waals surface area (Å²) < 4.78 is 0. The van der Waals surface area contributed by atoms with Crippen LogP contribution in [0, 0.1) is 13.8 Å². The number of anilines is 1. The molecule has 148 valence electrons. The van der Waals surface area contributed by atoms with Crippen LogP contribution in [-0.4, -0.2) is 23.8 Å². The van der Waals surface area contributed by atoms with Crippen molar-refractivity contribution >= 4 is 17.5 Å². The van der Waals surface area contributed by atoms with Crippen molar-refractivity contribution in [2.24, 2.45) is 0 Å². The average molecular weight is 386 g/mol. The first-order chi connectivity index (χ1) is 13.8. The fourth-order valence-electron chi connectivity index (χ4n) is 3.37. The van der Waals surface area contributed by atoms with Gasteiger partial charge in [0.2, 0.25) is 0 Å². The topological polar surface area (TPSA) is 49.4 Å². The van der Waals surface area contributed by atoms with Gasteiger partial charge in [0.1, 0.15) is 0 Å². The molecule has 1 atom stereocenters. The van der Waals surface area contributed by atoms with Gasteiger partial charge in [-0.1, -0.05) is 47.5 Å². The van der Waals surface area contributed by atoms with Crippen LogP contribution in [0.2, 0.25) is 0 Å². The maximum Gasteiger partial charge on any atom is 0.255 e. The lowest BCUT2D eigenvalue weighted by molar-refractivity contribution is 0.0742. The maximum atomic E-state index is 13.0. The Morgan fingerprint density at radius 2 is 1.48 bits per heavy atom. The van der Waals surface area contributed by atoms with Gasteiger partial charge in [-0.2, -0.15) is 0 Å². The van der Waals surface area contributed by atoms with Crippen LogP contribution < -0.4 is 5.32 Å². The summed E-state index contributed by atoms with van der Waals surface area (Å²) in [6.07, 6.45) is 0. The minimum Gasteiger partial charge on any atom is -0.335 e. The minimum absolute atomic E-state index is 0.0250. The Kier molecular flexibility index (Phi) is 6.13. The van der Waals surface area contributed by atoms with Crippen molar-refractivity contribution in [3.05, 3.63) is 101 Å². The Morgan fingerprint density at radius 1 is 0.828 bits per heavy atom. The van der Waals surface area contributed by atoms with Crippen molar-refractivity contribution in [3.8, 4) is 0 Å². The summed E-state index contributed by atoms with van der Waals surface area (Å²) in [5, 5.41) is 2.93. The second kappa shape index (κ2) is 8.74. The number of amides is 2. The van der Waals surface area contributed by atoms with Gasteiger partial charge in [0.15, 0.2) is 0 Å². The third-order valence-corrected chi connectivity index (χ3v) is 5.03. The van der Waals surface area contributed by atoms with E-state index in [1.807, 2.05) is 75.4 Å². The van der Waals surface area contributed by atoms with Crippen molar-refractivity contribution in [1.29, 1.82) is 0 Å². The van der Waals surface area contributed by atoms with Gasteiger partial charge in [-0.05, 0) is 62.7 Å². The first-order valence-corrected chi connectivity index (χ1v) is 9.67. The number of hydrogen-bond donors (Lipinski definition) is 1. The van der Waals surface area contributed by atoms with Gasteiger partial charge in [-0.25, -0.2) is 0 Å². The average Bonchev–Trinajstić information content (AvgIpc) is 2.72. The molecule has 0 aliphatic rings. The Bertz CT molecular complexity index is 1010. The van der Waals surface area contributed by atoms with Crippen molar-refractivity contribution in [2.45, 2.75) is 26.8 Å². The highest BCUT2D eigenvalue weighted by Gasteiger charge is 2.20. The number of carbonyl (C=O) groups is 2. The van der Waals surface area contributed by atoms with E-state index in [9.17, 15) is 9.59 Å². The Labute approximate surface area is 172 Å². The molecule has 0 aliphatic heterocycles. The molecule has 1 N–H and O–H groups in total. The molecular weight excluding hydrogens is 360 g/mol. The summed E-state index contributed by atoms with van der Waals surface area (Å²) in [6.45, 7) is 5.97. The van der Waals surface area contributed by atoms with Crippen LogP contribution in [0.15, 0.2) is 72.8 Å². The number of carbonyl (C=O) groups excluding carboxylic acids is 2. The highest BCUT2D eigenvalue weighted by molar-refractivity contribution is 6.04. The predicted molar refractivity (Wildman–Crippen MR) is 117 cm³/mol. The Morgan fingerprint density at radius 3 is 2.14 bits per heavy atom. The lowest BCUT2D eigenvalue weighted by atomic mass is 10.0. The van der Waals surface area contributed by atoms with E-state index in [-0.39, 0.29) is 17.9 Å². The van der Waals surface area contributed by atoms with Crippen LogP contribution in [0.4, 0.5) is 5.69 Å². The smallest absolute Gasteiger partial charge is 0.255 e. The van der Waals surface area contributed by atoms with Gasteiger partial charge < -0.3 is 10.2 Å². The fourth-order valence-corrected chi connectivity index (χ4v) is 3.37. The Balaban J connectivity index is 1.77. The summed E-state index contributed by atoms with van der Waals surface area (Å²) in [5.41, 5.74) is 5.09. The zero-order chi connectivity index (χ0) is 21.0. The van der Waals surface area contributed by atoms with Crippen molar-refractivity contribution < 1.29 is 9.59 Å².